The Bertz CT molecular complexity index is 602. The maximum Gasteiger partial charge on any atom is 0.243 e. The molecule has 1 saturated heterocycles. The molecule has 3 N–H and O–H groups in total. The minimum atomic E-state index is -4.02. The third kappa shape index (κ3) is 3.76. The van der Waals surface area contributed by atoms with Gasteiger partial charge in [-0.05, 0) is 30.9 Å². The van der Waals surface area contributed by atoms with Gasteiger partial charge in [0.15, 0.2) is 5.82 Å². The lowest BCUT2D eigenvalue weighted by Gasteiger charge is -2.12. The van der Waals surface area contributed by atoms with Crippen LogP contribution in [0, 0.1) is 17.6 Å². The molecular weight excluding hydrogens is 302 g/mol. The molecule has 1 aliphatic heterocycles. The molecule has 0 bridgehead atoms. The Balaban J connectivity index is 2.08. The molecule has 21 heavy (non-hydrogen) atoms. The van der Waals surface area contributed by atoms with E-state index in [2.05, 4.69) is 4.72 Å². The molecule has 1 aromatic rings. The fourth-order valence-corrected chi connectivity index (χ4v) is 3.41. The van der Waals surface area contributed by atoms with E-state index >= 15 is 0 Å². The zero-order chi connectivity index (χ0) is 15.5. The van der Waals surface area contributed by atoms with Crippen LogP contribution in [0.15, 0.2) is 17.0 Å². The average Bonchev–Trinajstić information content (AvgIpc) is 2.92. The van der Waals surface area contributed by atoms with Gasteiger partial charge in [-0.3, -0.25) is 0 Å². The Hall–Kier alpha value is -1.09. The van der Waals surface area contributed by atoms with Gasteiger partial charge in [-0.25, -0.2) is 21.9 Å². The maximum atomic E-state index is 14.0. The Kier molecular flexibility index (Phi) is 5.26. The number of hydrogen-bond acceptors (Lipinski definition) is 4. The topological polar surface area (TPSA) is 81.4 Å². The first-order valence-corrected chi connectivity index (χ1v) is 8.18. The molecule has 0 aromatic heterocycles. The van der Waals surface area contributed by atoms with Crippen LogP contribution in [0.1, 0.15) is 18.4 Å². The molecule has 0 spiro atoms. The molecule has 5 nitrogen and oxygen atoms in total. The van der Waals surface area contributed by atoms with Gasteiger partial charge in [0, 0.05) is 31.9 Å². The summed E-state index contributed by atoms with van der Waals surface area (Å²) in [5, 5.41) is 0. The van der Waals surface area contributed by atoms with E-state index in [1.54, 1.807) is 0 Å². The molecule has 1 atom stereocenters. The highest BCUT2D eigenvalue weighted by molar-refractivity contribution is 7.89. The lowest BCUT2D eigenvalue weighted by molar-refractivity contribution is 0.184. The summed E-state index contributed by atoms with van der Waals surface area (Å²) >= 11 is 0. The SMILES string of the molecule is NCc1c(F)ccc(S(=O)(=O)NCCC2CCOC2)c1F. The summed E-state index contributed by atoms with van der Waals surface area (Å²) in [5.74, 6) is -1.67. The quantitative estimate of drug-likeness (QED) is 0.823. The normalized spacial score (nSPS) is 19.1. The molecular formula is C13H18F2N2O3S. The van der Waals surface area contributed by atoms with Crippen LogP contribution in [0.3, 0.4) is 0 Å². The third-order valence-corrected chi connectivity index (χ3v) is 4.99. The van der Waals surface area contributed by atoms with Crippen LogP contribution in [-0.4, -0.2) is 28.2 Å². The number of halogens is 2. The van der Waals surface area contributed by atoms with Crippen LogP contribution in [0.25, 0.3) is 0 Å². The number of benzene rings is 1. The van der Waals surface area contributed by atoms with E-state index < -0.39 is 38.7 Å². The highest BCUT2D eigenvalue weighted by Crippen LogP contribution is 2.21. The number of ether oxygens (including phenoxy) is 1. The van der Waals surface area contributed by atoms with E-state index in [1.807, 2.05) is 0 Å². The van der Waals surface area contributed by atoms with E-state index in [0.717, 1.165) is 18.6 Å². The smallest absolute Gasteiger partial charge is 0.243 e. The van der Waals surface area contributed by atoms with Crippen LogP contribution < -0.4 is 10.5 Å². The van der Waals surface area contributed by atoms with E-state index in [9.17, 15) is 17.2 Å². The Morgan fingerprint density at radius 2 is 2.14 bits per heavy atom. The van der Waals surface area contributed by atoms with Crippen LogP contribution in [0.2, 0.25) is 0 Å². The summed E-state index contributed by atoms with van der Waals surface area (Å²) in [6.45, 7) is 1.08. The molecule has 2 rings (SSSR count). The first kappa shape index (κ1) is 16.3. The zero-order valence-electron chi connectivity index (χ0n) is 11.4. The predicted molar refractivity (Wildman–Crippen MR) is 73.0 cm³/mol. The van der Waals surface area contributed by atoms with Gasteiger partial charge < -0.3 is 10.5 Å². The first-order valence-electron chi connectivity index (χ1n) is 6.70. The highest BCUT2D eigenvalue weighted by atomic mass is 32.2. The van der Waals surface area contributed by atoms with Gasteiger partial charge in [0.05, 0.1) is 0 Å². The van der Waals surface area contributed by atoms with Gasteiger partial charge in [-0.15, -0.1) is 0 Å². The van der Waals surface area contributed by atoms with Gasteiger partial charge in [0.2, 0.25) is 10.0 Å². The number of nitrogens with one attached hydrogen (secondary N) is 1. The van der Waals surface area contributed by atoms with Crippen LogP contribution in [0.5, 0.6) is 0 Å². The van der Waals surface area contributed by atoms with Gasteiger partial charge in [0.1, 0.15) is 10.7 Å². The summed E-state index contributed by atoms with van der Waals surface area (Å²) < 4.78 is 59.0. The second kappa shape index (κ2) is 6.78. The standard InChI is InChI=1S/C13H18F2N2O3S/c14-11-1-2-12(13(15)10(11)7-16)21(18,19)17-5-3-9-4-6-20-8-9/h1-2,9,17H,3-8,16H2. The highest BCUT2D eigenvalue weighted by Gasteiger charge is 2.23. The minimum absolute atomic E-state index is 0.186. The van der Waals surface area contributed by atoms with Crippen LogP contribution in [0.4, 0.5) is 8.78 Å². The fraction of sp³-hybridized carbons (Fsp3) is 0.538. The summed E-state index contributed by atoms with van der Waals surface area (Å²) in [5.41, 5.74) is 4.81. The lowest BCUT2D eigenvalue weighted by Crippen LogP contribution is -2.27. The molecule has 1 aromatic carbocycles. The monoisotopic (exact) mass is 320 g/mol. The molecule has 8 heteroatoms. The van der Waals surface area contributed by atoms with Crippen molar-refractivity contribution in [1.29, 1.82) is 0 Å². The average molecular weight is 320 g/mol. The Morgan fingerprint density at radius 3 is 2.76 bits per heavy atom. The number of nitrogens with two attached hydrogens (primary N) is 1. The van der Waals surface area contributed by atoms with Crippen molar-refractivity contribution >= 4 is 10.0 Å². The van der Waals surface area contributed by atoms with Crippen LogP contribution in [-0.2, 0) is 21.3 Å². The fourth-order valence-electron chi connectivity index (χ4n) is 2.26. The second-order valence-electron chi connectivity index (χ2n) is 4.96. The third-order valence-electron chi connectivity index (χ3n) is 3.51. The molecule has 0 saturated carbocycles. The number of sulfonamides is 1. The Labute approximate surface area is 122 Å². The van der Waals surface area contributed by atoms with E-state index in [4.69, 9.17) is 10.5 Å². The van der Waals surface area contributed by atoms with Gasteiger partial charge in [-0.1, -0.05) is 0 Å². The van der Waals surface area contributed by atoms with E-state index in [-0.39, 0.29) is 6.54 Å². The molecule has 1 fully saturated rings. The summed E-state index contributed by atoms with van der Waals surface area (Å²) in [7, 11) is -4.02. The minimum Gasteiger partial charge on any atom is -0.381 e. The van der Waals surface area contributed by atoms with Gasteiger partial charge in [0.25, 0.3) is 0 Å². The second-order valence-corrected chi connectivity index (χ2v) is 6.69. The van der Waals surface area contributed by atoms with Crippen molar-refractivity contribution in [3.8, 4) is 0 Å². The molecule has 1 heterocycles. The summed E-state index contributed by atoms with van der Waals surface area (Å²) in [6, 6.07) is 1.81. The van der Waals surface area contributed by atoms with Crippen molar-refractivity contribution in [2.75, 3.05) is 19.8 Å². The molecule has 0 aliphatic carbocycles. The number of hydrogen-bond donors (Lipinski definition) is 2. The molecule has 1 aliphatic rings. The molecule has 0 radical (unpaired) electrons. The van der Waals surface area contributed by atoms with Crippen molar-refractivity contribution in [1.82, 2.24) is 4.72 Å². The molecule has 1 unspecified atom stereocenters. The van der Waals surface area contributed by atoms with E-state index in [1.165, 1.54) is 0 Å². The van der Waals surface area contributed by atoms with Crippen molar-refractivity contribution < 1.29 is 21.9 Å². The molecule has 118 valence electrons. The predicted octanol–water partition coefficient (Wildman–Crippen LogP) is 1.13. The summed E-state index contributed by atoms with van der Waals surface area (Å²) in [4.78, 5) is -0.577. The zero-order valence-corrected chi connectivity index (χ0v) is 12.3. The van der Waals surface area contributed by atoms with Gasteiger partial charge >= 0.3 is 0 Å². The largest absolute Gasteiger partial charge is 0.381 e. The van der Waals surface area contributed by atoms with E-state index in [0.29, 0.717) is 25.6 Å². The number of rotatable bonds is 6. The van der Waals surface area contributed by atoms with Crippen molar-refractivity contribution in [3.05, 3.63) is 29.3 Å². The lowest BCUT2D eigenvalue weighted by atomic mass is 10.1. The Morgan fingerprint density at radius 1 is 1.38 bits per heavy atom. The van der Waals surface area contributed by atoms with Crippen molar-refractivity contribution in [3.63, 3.8) is 0 Å². The van der Waals surface area contributed by atoms with Crippen molar-refractivity contribution in [2.45, 2.75) is 24.3 Å². The maximum absolute atomic E-state index is 14.0. The van der Waals surface area contributed by atoms with Crippen LogP contribution >= 0.6 is 0 Å². The molecule has 0 amide bonds. The van der Waals surface area contributed by atoms with Crippen molar-refractivity contribution in [2.24, 2.45) is 11.7 Å². The summed E-state index contributed by atoms with van der Waals surface area (Å²) in [6.07, 6.45) is 1.51. The first-order chi connectivity index (χ1) is 9.95. The van der Waals surface area contributed by atoms with Gasteiger partial charge in [-0.2, -0.15) is 0 Å².